The molecule has 0 aromatic carbocycles. The normalized spacial score (nSPS) is 15.6. The molecule has 0 aromatic heterocycles. The average molecular weight is 582 g/mol. The summed E-state index contributed by atoms with van der Waals surface area (Å²) in [6.45, 7) is -1.54. The first-order valence-corrected chi connectivity index (χ1v) is 10.2. The summed E-state index contributed by atoms with van der Waals surface area (Å²) in [6, 6.07) is 0. The van der Waals surface area contributed by atoms with Crippen LogP contribution in [0.3, 0.4) is 0 Å². The molecule has 12 nitrogen and oxygen atoms in total. The molecule has 1 aliphatic heterocycles. The lowest BCUT2D eigenvalue weighted by Crippen LogP contribution is -2.42. The van der Waals surface area contributed by atoms with E-state index in [1.807, 2.05) is 0 Å². The minimum atomic E-state index is -1.84. The van der Waals surface area contributed by atoms with Crippen LogP contribution in [0.25, 0.3) is 0 Å². The van der Waals surface area contributed by atoms with Crippen molar-refractivity contribution in [3.63, 3.8) is 0 Å². The second-order valence-electron chi connectivity index (χ2n) is 6.72. The van der Waals surface area contributed by atoms with E-state index in [9.17, 15) is 38.7 Å². The van der Waals surface area contributed by atoms with Crippen molar-refractivity contribution in [1.82, 2.24) is 9.80 Å². The van der Waals surface area contributed by atoms with Gasteiger partial charge in [-0.15, -0.1) is 0 Å². The number of carboxylic acid groups (broad SMARTS) is 1. The van der Waals surface area contributed by atoms with Crippen LogP contribution in [0.15, 0.2) is 21.1 Å². The van der Waals surface area contributed by atoms with Gasteiger partial charge in [-0.1, -0.05) is 0 Å². The highest BCUT2D eigenvalue weighted by atomic mass is 79.9. The number of aliphatic carboxylic acids is 1. The first-order chi connectivity index (χ1) is 14.8. The molecule has 0 radical (unpaired) electrons. The number of aldehydes is 1. The van der Waals surface area contributed by atoms with Crippen molar-refractivity contribution >= 4 is 73.8 Å². The van der Waals surface area contributed by atoms with Crippen molar-refractivity contribution in [3.8, 4) is 0 Å². The van der Waals surface area contributed by atoms with Crippen molar-refractivity contribution < 1.29 is 48.1 Å². The number of imide groups is 1. The number of esters is 2. The van der Waals surface area contributed by atoms with Crippen molar-refractivity contribution in [3.05, 3.63) is 21.1 Å². The van der Waals surface area contributed by atoms with E-state index in [1.54, 1.807) is 0 Å². The Morgan fingerprint density at radius 3 is 2.22 bits per heavy atom. The van der Waals surface area contributed by atoms with Crippen molar-refractivity contribution in [2.75, 3.05) is 33.4 Å². The number of allylic oxidation sites excluding steroid dienone is 1. The number of likely N-dealkylation sites (N-methyl/N-ethyl adjacent to an activating group) is 1. The van der Waals surface area contributed by atoms with Crippen molar-refractivity contribution in [2.24, 2.45) is 5.41 Å². The average Bonchev–Trinajstić information content (AvgIpc) is 2.96. The highest BCUT2D eigenvalue weighted by molar-refractivity contribution is 9.12. The van der Waals surface area contributed by atoms with E-state index in [0.717, 1.165) is 24.0 Å². The van der Waals surface area contributed by atoms with E-state index in [0.29, 0.717) is 11.2 Å². The molecule has 1 atom stereocenters. The topological polar surface area (TPSA) is 165 Å². The summed E-state index contributed by atoms with van der Waals surface area (Å²) in [4.78, 5) is 82.7. The second-order valence-corrected chi connectivity index (χ2v) is 8.43. The summed E-state index contributed by atoms with van der Waals surface area (Å²) in [7, 11) is 1.26. The summed E-state index contributed by atoms with van der Waals surface area (Å²) in [6.07, 6.45) is 2.29. The molecule has 32 heavy (non-hydrogen) atoms. The molecule has 1 rings (SSSR count). The number of carbonyl (C=O) groups is 7. The molecule has 1 N–H and O–H groups in total. The Hall–Kier alpha value is -2.87. The number of amides is 3. The fourth-order valence-electron chi connectivity index (χ4n) is 2.07. The second kappa shape index (κ2) is 11.7. The minimum absolute atomic E-state index is 0.0327. The summed E-state index contributed by atoms with van der Waals surface area (Å²) in [5.74, 6) is -5.60. The molecule has 0 bridgehead atoms. The van der Waals surface area contributed by atoms with Gasteiger partial charge in [-0.3, -0.25) is 38.5 Å². The Labute approximate surface area is 198 Å². The van der Waals surface area contributed by atoms with E-state index in [1.165, 1.54) is 7.05 Å². The van der Waals surface area contributed by atoms with Gasteiger partial charge in [-0.25, -0.2) is 0 Å². The summed E-state index contributed by atoms with van der Waals surface area (Å²) >= 11 is 5.73. The van der Waals surface area contributed by atoms with Crippen LogP contribution in [0.5, 0.6) is 0 Å². The standard InChI is InChI=1S/C18H18Br2N2O10/c1-18(17(29)30,8-31-13(25)6-21(2)15(27)10(19)3-4-23)9-32-14(26)7-22-12(24)5-11(20)16(22)28/h3-5H,6-9H2,1-2H3,(H,29,30)/b10-3+. The van der Waals surface area contributed by atoms with Gasteiger partial charge in [0.05, 0.1) is 8.96 Å². The molecule has 1 aliphatic rings. The number of hydrogen-bond acceptors (Lipinski definition) is 9. The van der Waals surface area contributed by atoms with Gasteiger partial charge in [0.25, 0.3) is 17.7 Å². The van der Waals surface area contributed by atoms with Gasteiger partial charge in [-0.2, -0.15) is 0 Å². The maximum atomic E-state index is 12.0. The Morgan fingerprint density at radius 1 is 1.19 bits per heavy atom. The lowest BCUT2D eigenvalue weighted by Gasteiger charge is -2.25. The summed E-state index contributed by atoms with van der Waals surface area (Å²) in [5.41, 5.74) is -1.84. The van der Waals surface area contributed by atoms with E-state index >= 15 is 0 Å². The van der Waals surface area contributed by atoms with Gasteiger partial charge in [0.15, 0.2) is 0 Å². The fraction of sp³-hybridized carbons (Fsp3) is 0.389. The first-order valence-electron chi connectivity index (χ1n) is 8.66. The zero-order chi connectivity index (χ0) is 24.6. The Bertz CT molecular complexity index is 913. The van der Waals surface area contributed by atoms with Gasteiger partial charge in [0.2, 0.25) is 0 Å². The van der Waals surface area contributed by atoms with E-state index in [-0.39, 0.29) is 8.96 Å². The minimum Gasteiger partial charge on any atom is -0.481 e. The third-order valence-corrected chi connectivity index (χ3v) is 5.18. The lowest BCUT2D eigenvalue weighted by atomic mass is 9.93. The molecule has 0 fully saturated rings. The molecule has 1 unspecified atom stereocenters. The third-order valence-electron chi connectivity index (χ3n) is 4.00. The number of rotatable bonds is 11. The number of carboxylic acids is 1. The van der Waals surface area contributed by atoms with Crippen LogP contribution in [-0.4, -0.2) is 90.2 Å². The fourth-order valence-corrected chi connectivity index (χ4v) is 2.89. The summed E-state index contributed by atoms with van der Waals surface area (Å²) < 4.78 is 9.64. The van der Waals surface area contributed by atoms with Crippen LogP contribution in [0, 0.1) is 5.41 Å². The lowest BCUT2D eigenvalue weighted by molar-refractivity contribution is -0.168. The largest absolute Gasteiger partial charge is 0.481 e. The van der Waals surface area contributed by atoms with E-state index < -0.39 is 67.3 Å². The zero-order valence-electron chi connectivity index (χ0n) is 16.8. The molecule has 3 amide bonds. The Balaban J connectivity index is 2.62. The molecule has 0 aromatic rings. The van der Waals surface area contributed by atoms with Crippen LogP contribution in [0.4, 0.5) is 0 Å². The highest BCUT2D eigenvalue weighted by Crippen LogP contribution is 2.20. The molecular weight excluding hydrogens is 564 g/mol. The highest BCUT2D eigenvalue weighted by Gasteiger charge is 2.38. The van der Waals surface area contributed by atoms with Crippen LogP contribution in [-0.2, 0) is 43.0 Å². The predicted molar refractivity (Wildman–Crippen MR) is 112 cm³/mol. The monoisotopic (exact) mass is 580 g/mol. The molecule has 0 spiro atoms. The van der Waals surface area contributed by atoms with Gasteiger partial charge in [-0.05, 0) is 44.9 Å². The molecule has 174 valence electrons. The molecule has 1 heterocycles. The molecule has 0 saturated heterocycles. The number of halogens is 2. The third kappa shape index (κ3) is 7.37. The van der Waals surface area contributed by atoms with Gasteiger partial charge in [0.1, 0.15) is 38.0 Å². The van der Waals surface area contributed by atoms with Crippen molar-refractivity contribution in [2.45, 2.75) is 6.92 Å². The maximum absolute atomic E-state index is 12.0. The van der Waals surface area contributed by atoms with Crippen LogP contribution in [0.1, 0.15) is 6.92 Å². The molecule has 0 aliphatic carbocycles. The zero-order valence-corrected chi connectivity index (χ0v) is 20.0. The van der Waals surface area contributed by atoms with Gasteiger partial charge in [0, 0.05) is 13.1 Å². The number of nitrogens with zero attached hydrogens (tertiary/aromatic N) is 2. The van der Waals surface area contributed by atoms with Gasteiger partial charge < -0.3 is 19.5 Å². The maximum Gasteiger partial charge on any atom is 0.326 e. The number of carbonyl (C=O) groups excluding carboxylic acids is 6. The van der Waals surface area contributed by atoms with E-state index in [4.69, 9.17) is 9.47 Å². The number of hydrogen-bond donors (Lipinski definition) is 1. The molecular formula is C18H18Br2N2O10. The Morgan fingerprint density at radius 2 is 1.75 bits per heavy atom. The first kappa shape index (κ1) is 27.2. The van der Waals surface area contributed by atoms with Gasteiger partial charge >= 0.3 is 17.9 Å². The van der Waals surface area contributed by atoms with Crippen LogP contribution >= 0.6 is 31.9 Å². The van der Waals surface area contributed by atoms with Crippen LogP contribution in [0.2, 0.25) is 0 Å². The smallest absolute Gasteiger partial charge is 0.326 e. The summed E-state index contributed by atoms with van der Waals surface area (Å²) in [5, 5.41) is 9.44. The number of ether oxygens (including phenoxy) is 2. The SMILES string of the molecule is CN(CC(=O)OCC(C)(COC(=O)CN1C(=O)C=C(Br)C1=O)C(=O)O)C(=O)/C(Br)=C\C=O. The molecule has 14 heteroatoms. The molecule has 0 saturated carbocycles. The Kier molecular flexibility index (Phi) is 9.90. The van der Waals surface area contributed by atoms with Crippen molar-refractivity contribution in [1.29, 1.82) is 0 Å². The van der Waals surface area contributed by atoms with E-state index in [2.05, 4.69) is 31.9 Å². The van der Waals surface area contributed by atoms with Crippen LogP contribution < -0.4 is 0 Å². The quantitative estimate of drug-likeness (QED) is 0.149. The predicted octanol–water partition coefficient (Wildman–Crippen LogP) is -0.253.